The molecule has 0 aliphatic heterocycles. The summed E-state index contributed by atoms with van der Waals surface area (Å²) >= 11 is 0. The zero-order valence-corrected chi connectivity index (χ0v) is 17.8. The number of alkyl halides is 2. The Bertz CT molecular complexity index is 1000. The molecule has 0 fully saturated rings. The molecule has 0 heterocycles. The van der Waals surface area contributed by atoms with Crippen LogP contribution in [0.5, 0.6) is 17.2 Å². The molecule has 2 aromatic carbocycles. The molecule has 0 aromatic heterocycles. The number of methoxy groups -OCH3 is 1. The molecular formula is C23H22F2N2O6. The second-order valence-electron chi connectivity index (χ2n) is 6.42. The fourth-order valence-corrected chi connectivity index (χ4v) is 2.60. The van der Waals surface area contributed by atoms with Gasteiger partial charge < -0.3 is 24.3 Å². The molecule has 2 aromatic rings. The maximum Gasteiger partial charge on any atom is 0.387 e. The van der Waals surface area contributed by atoms with Crippen molar-refractivity contribution in [2.45, 2.75) is 13.0 Å². The van der Waals surface area contributed by atoms with Crippen molar-refractivity contribution in [2.75, 3.05) is 26.9 Å². The van der Waals surface area contributed by atoms with E-state index in [2.05, 4.69) is 10.1 Å². The lowest BCUT2D eigenvalue weighted by Gasteiger charge is -2.09. The lowest BCUT2D eigenvalue weighted by Crippen LogP contribution is -2.30. The van der Waals surface area contributed by atoms with Crippen molar-refractivity contribution in [2.24, 2.45) is 0 Å². The van der Waals surface area contributed by atoms with E-state index in [1.165, 1.54) is 31.4 Å². The third kappa shape index (κ3) is 9.26. The monoisotopic (exact) mass is 460 g/mol. The molecule has 0 bridgehead atoms. The van der Waals surface area contributed by atoms with E-state index < -0.39 is 25.1 Å². The number of hydrogen-bond acceptors (Lipinski definition) is 7. The molecule has 2 rings (SSSR count). The molecule has 0 aliphatic carbocycles. The van der Waals surface area contributed by atoms with Crippen molar-refractivity contribution in [1.29, 1.82) is 5.26 Å². The van der Waals surface area contributed by atoms with E-state index in [1.54, 1.807) is 30.3 Å². The number of amides is 1. The maximum absolute atomic E-state index is 12.1. The minimum atomic E-state index is -2.88. The van der Waals surface area contributed by atoms with Gasteiger partial charge in [0.05, 0.1) is 7.11 Å². The number of ether oxygens (including phenoxy) is 4. The highest BCUT2D eigenvalue weighted by molar-refractivity contribution is 5.89. The van der Waals surface area contributed by atoms with Crippen LogP contribution in [0.1, 0.15) is 11.1 Å². The average molecular weight is 460 g/mol. The predicted molar refractivity (Wildman–Crippen MR) is 114 cm³/mol. The molecule has 8 nitrogen and oxygen atoms in total. The molecule has 174 valence electrons. The van der Waals surface area contributed by atoms with E-state index in [0.717, 1.165) is 5.56 Å². The number of esters is 1. The van der Waals surface area contributed by atoms with Gasteiger partial charge in [-0.1, -0.05) is 18.2 Å². The number of nitrogens with one attached hydrogen (secondary N) is 1. The number of hydrogen-bond donors (Lipinski definition) is 1. The van der Waals surface area contributed by atoms with Gasteiger partial charge in [-0.2, -0.15) is 14.0 Å². The van der Waals surface area contributed by atoms with Crippen LogP contribution < -0.4 is 19.5 Å². The fraction of sp³-hybridized carbons (Fsp3) is 0.261. The van der Waals surface area contributed by atoms with Crippen molar-refractivity contribution in [3.63, 3.8) is 0 Å². The summed E-state index contributed by atoms with van der Waals surface area (Å²) in [5.74, 6) is -0.331. The number of benzene rings is 2. The summed E-state index contributed by atoms with van der Waals surface area (Å²) in [7, 11) is 1.45. The fourth-order valence-electron chi connectivity index (χ4n) is 2.60. The van der Waals surface area contributed by atoms with Crippen LogP contribution in [-0.2, 0) is 20.7 Å². The summed E-state index contributed by atoms with van der Waals surface area (Å²) in [6.07, 6.45) is 3.11. The lowest BCUT2D eigenvalue weighted by molar-refractivity contribution is -0.143. The molecule has 0 spiro atoms. The Labute approximate surface area is 189 Å². The quantitative estimate of drug-likeness (QED) is 0.383. The molecule has 0 aliphatic rings. The van der Waals surface area contributed by atoms with E-state index in [4.69, 9.17) is 19.5 Å². The van der Waals surface area contributed by atoms with Crippen molar-refractivity contribution in [1.82, 2.24) is 5.32 Å². The Balaban J connectivity index is 1.73. The molecule has 0 saturated carbocycles. The van der Waals surface area contributed by atoms with Gasteiger partial charge in [0.2, 0.25) is 0 Å². The summed E-state index contributed by atoms with van der Waals surface area (Å²) in [5, 5.41) is 11.2. The zero-order chi connectivity index (χ0) is 24.1. The molecule has 1 amide bonds. The summed E-state index contributed by atoms with van der Waals surface area (Å²) in [5.41, 5.74) is 1.44. The Morgan fingerprint density at radius 2 is 1.91 bits per heavy atom. The third-order valence-corrected chi connectivity index (χ3v) is 4.12. The SMILES string of the molecule is COc1cc(/C=C/C(=O)OCC(=O)NCCc2ccc(OC(F)F)cc2)ccc1OCC#N. The highest BCUT2D eigenvalue weighted by Gasteiger charge is 2.07. The first kappa shape index (κ1) is 25.1. The summed E-state index contributed by atoms with van der Waals surface area (Å²) < 4.78 is 43.8. The van der Waals surface area contributed by atoms with E-state index in [9.17, 15) is 18.4 Å². The first-order valence-corrected chi connectivity index (χ1v) is 9.74. The zero-order valence-electron chi connectivity index (χ0n) is 17.8. The van der Waals surface area contributed by atoms with Crippen LogP contribution in [-0.4, -0.2) is 45.4 Å². The molecule has 0 saturated heterocycles. The molecule has 33 heavy (non-hydrogen) atoms. The second kappa shape index (κ2) is 13.3. The van der Waals surface area contributed by atoms with Crippen LogP contribution in [0.4, 0.5) is 8.78 Å². The number of nitrogens with zero attached hydrogens (tertiary/aromatic N) is 1. The van der Waals surface area contributed by atoms with Gasteiger partial charge in [0.25, 0.3) is 5.91 Å². The van der Waals surface area contributed by atoms with E-state index in [0.29, 0.717) is 23.5 Å². The van der Waals surface area contributed by atoms with Crippen molar-refractivity contribution < 1.29 is 37.3 Å². The van der Waals surface area contributed by atoms with Gasteiger partial charge >= 0.3 is 12.6 Å². The van der Waals surface area contributed by atoms with Gasteiger partial charge in [-0.3, -0.25) is 4.79 Å². The number of rotatable bonds is 12. The Morgan fingerprint density at radius 1 is 1.15 bits per heavy atom. The van der Waals surface area contributed by atoms with Gasteiger partial charge in [0, 0.05) is 12.6 Å². The lowest BCUT2D eigenvalue weighted by atomic mass is 10.1. The Hall–Kier alpha value is -4.13. The molecule has 0 unspecified atom stereocenters. The minimum Gasteiger partial charge on any atom is -0.493 e. The largest absolute Gasteiger partial charge is 0.493 e. The van der Waals surface area contributed by atoms with E-state index >= 15 is 0 Å². The van der Waals surface area contributed by atoms with Gasteiger partial charge in [-0.05, 0) is 47.9 Å². The van der Waals surface area contributed by atoms with E-state index in [1.807, 2.05) is 6.07 Å². The van der Waals surface area contributed by atoms with Crippen LogP contribution in [0.15, 0.2) is 48.5 Å². The van der Waals surface area contributed by atoms with Gasteiger partial charge in [-0.25, -0.2) is 4.79 Å². The van der Waals surface area contributed by atoms with Gasteiger partial charge in [0.15, 0.2) is 24.7 Å². The molecule has 0 radical (unpaired) electrons. The van der Waals surface area contributed by atoms with E-state index in [-0.39, 0.29) is 18.9 Å². The normalized spacial score (nSPS) is 10.5. The molecule has 1 N–H and O–H groups in total. The highest BCUT2D eigenvalue weighted by atomic mass is 19.3. The Kier molecular flexibility index (Phi) is 10.1. The van der Waals surface area contributed by atoms with Crippen LogP contribution >= 0.6 is 0 Å². The molecule has 0 atom stereocenters. The van der Waals surface area contributed by atoms with Crippen LogP contribution in [0.2, 0.25) is 0 Å². The number of nitriles is 1. The topological polar surface area (TPSA) is 107 Å². The van der Waals surface area contributed by atoms with Crippen LogP contribution in [0, 0.1) is 11.3 Å². The predicted octanol–water partition coefficient (Wildman–Crippen LogP) is 3.11. The summed E-state index contributed by atoms with van der Waals surface area (Å²) in [6, 6.07) is 12.8. The smallest absolute Gasteiger partial charge is 0.387 e. The highest BCUT2D eigenvalue weighted by Crippen LogP contribution is 2.28. The maximum atomic E-state index is 12.1. The minimum absolute atomic E-state index is 0.0551. The first-order valence-electron chi connectivity index (χ1n) is 9.74. The number of halogens is 2. The Morgan fingerprint density at radius 3 is 2.58 bits per heavy atom. The number of carbonyl (C=O) groups is 2. The second-order valence-corrected chi connectivity index (χ2v) is 6.42. The third-order valence-electron chi connectivity index (χ3n) is 4.12. The van der Waals surface area contributed by atoms with Gasteiger partial charge in [0.1, 0.15) is 11.8 Å². The summed E-state index contributed by atoms with van der Waals surface area (Å²) in [6.45, 7) is -3.18. The first-order chi connectivity index (χ1) is 15.9. The standard InChI is InChI=1S/C23H22F2N2O6/c1-30-20-14-17(4-8-19(20)31-13-11-26)5-9-22(29)32-15-21(28)27-12-10-16-2-6-18(7-3-16)33-23(24)25/h2-9,14,23H,10,12-13,15H2,1H3,(H,27,28)/b9-5+. The van der Waals surface area contributed by atoms with Gasteiger partial charge in [-0.15, -0.1) is 0 Å². The average Bonchev–Trinajstić information content (AvgIpc) is 2.81. The van der Waals surface area contributed by atoms with Crippen molar-refractivity contribution in [3.8, 4) is 23.3 Å². The van der Waals surface area contributed by atoms with Crippen LogP contribution in [0.3, 0.4) is 0 Å². The molecular weight excluding hydrogens is 438 g/mol. The number of carbonyl (C=O) groups excluding carboxylic acids is 2. The van der Waals surface area contributed by atoms with Crippen LogP contribution in [0.25, 0.3) is 6.08 Å². The van der Waals surface area contributed by atoms with Crippen molar-refractivity contribution >= 4 is 18.0 Å². The molecule has 10 heteroatoms. The van der Waals surface area contributed by atoms with Crippen molar-refractivity contribution in [3.05, 3.63) is 59.7 Å². The summed E-state index contributed by atoms with van der Waals surface area (Å²) in [4.78, 5) is 23.7.